The number of nitrogens with zero attached hydrogens (tertiary/aromatic N) is 2. The predicted molar refractivity (Wildman–Crippen MR) is 102 cm³/mol. The maximum Gasteiger partial charge on any atom is 0.193 e. The van der Waals surface area contributed by atoms with E-state index in [1.54, 1.807) is 0 Å². The molecule has 6 nitrogen and oxygen atoms in total. The Balaban J connectivity index is 1.62. The van der Waals surface area contributed by atoms with E-state index in [0.717, 1.165) is 24.2 Å². The molecular formula is C18H24N6. The summed E-state index contributed by atoms with van der Waals surface area (Å²) in [5.74, 6) is 0.852. The van der Waals surface area contributed by atoms with Crippen molar-refractivity contribution in [3.8, 4) is 0 Å². The number of benzene rings is 2. The molecule has 0 atom stereocenters. The predicted octanol–water partition coefficient (Wildman–Crippen LogP) is 2.62. The van der Waals surface area contributed by atoms with Crippen molar-refractivity contribution in [1.29, 1.82) is 0 Å². The van der Waals surface area contributed by atoms with E-state index in [4.69, 9.17) is 11.5 Å². The lowest BCUT2D eigenvalue weighted by atomic mass is 10.3. The molecule has 0 aromatic heterocycles. The fourth-order valence-electron chi connectivity index (χ4n) is 2.04. The summed E-state index contributed by atoms with van der Waals surface area (Å²) in [6.45, 7) is 1.32. The number of aliphatic imine (C=N–C) groups is 2. The number of unbranched alkanes of at least 4 members (excludes halogenated alkanes) is 1. The minimum Gasteiger partial charge on any atom is -0.370 e. The number of guanidine groups is 2. The van der Waals surface area contributed by atoms with Gasteiger partial charge in [-0.15, -0.1) is 0 Å². The highest BCUT2D eigenvalue weighted by Crippen LogP contribution is 2.05. The lowest BCUT2D eigenvalue weighted by Crippen LogP contribution is -2.23. The van der Waals surface area contributed by atoms with Crippen molar-refractivity contribution in [2.45, 2.75) is 12.8 Å². The molecule has 0 aliphatic heterocycles. The van der Waals surface area contributed by atoms with E-state index in [0.29, 0.717) is 25.0 Å². The Kier molecular flexibility index (Phi) is 7.14. The molecule has 0 aliphatic rings. The molecule has 0 unspecified atom stereocenters. The van der Waals surface area contributed by atoms with E-state index < -0.39 is 0 Å². The van der Waals surface area contributed by atoms with Crippen LogP contribution in [0.5, 0.6) is 0 Å². The zero-order valence-electron chi connectivity index (χ0n) is 13.7. The van der Waals surface area contributed by atoms with Gasteiger partial charge in [-0.1, -0.05) is 36.4 Å². The Morgan fingerprint density at radius 2 is 1.04 bits per heavy atom. The fraction of sp³-hybridized carbons (Fsp3) is 0.222. The number of rotatable bonds is 7. The molecule has 2 aromatic carbocycles. The van der Waals surface area contributed by atoms with Crippen LogP contribution in [0.25, 0.3) is 0 Å². The van der Waals surface area contributed by atoms with Crippen LogP contribution in [0, 0.1) is 0 Å². The summed E-state index contributed by atoms with van der Waals surface area (Å²) in [6, 6.07) is 19.5. The molecule has 0 bridgehead atoms. The van der Waals surface area contributed by atoms with Crippen molar-refractivity contribution >= 4 is 23.3 Å². The average molecular weight is 324 g/mol. The van der Waals surface area contributed by atoms with E-state index in [1.165, 1.54) is 0 Å². The van der Waals surface area contributed by atoms with Gasteiger partial charge in [0.1, 0.15) is 0 Å². The van der Waals surface area contributed by atoms with Crippen LogP contribution >= 0.6 is 0 Å². The molecule has 0 radical (unpaired) electrons. The highest BCUT2D eigenvalue weighted by molar-refractivity contribution is 5.92. The number of hydrogen-bond donors (Lipinski definition) is 4. The van der Waals surface area contributed by atoms with Crippen molar-refractivity contribution in [3.63, 3.8) is 0 Å². The molecule has 2 rings (SSSR count). The van der Waals surface area contributed by atoms with Crippen LogP contribution in [0.4, 0.5) is 11.4 Å². The van der Waals surface area contributed by atoms with Gasteiger partial charge < -0.3 is 22.1 Å². The molecule has 0 amide bonds. The molecule has 0 spiro atoms. The molecule has 0 saturated heterocycles. The number of para-hydroxylation sites is 2. The first kappa shape index (κ1) is 17.3. The first-order chi connectivity index (χ1) is 11.7. The second-order valence-corrected chi connectivity index (χ2v) is 5.22. The molecule has 0 aliphatic carbocycles. The van der Waals surface area contributed by atoms with Gasteiger partial charge in [0, 0.05) is 24.5 Å². The van der Waals surface area contributed by atoms with Gasteiger partial charge in [-0.2, -0.15) is 0 Å². The first-order valence-electron chi connectivity index (χ1n) is 7.98. The van der Waals surface area contributed by atoms with E-state index in [1.807, 2.05) is 60.7 Å². The summed E-state index contributed by atoms with van der Waals surface area (Å²) in [4.78, 5) is 8.58. The lowest BCUT2D eigenvalue weighted by molar-refractivity contribution is 0.755. The van der Waals surface area contributed by atoms with E-state index in [-0.39, 0.29) is 0 Å². The monoisotopic (exact) mass is 324 g/mol. The zero-order valence-corrected chi connectivity index (χ0v) is 13.7. The normalized spacial score (nSPS) is 12.0. The van der Waals surface area contributed by atoms with Gasteiger partial charge >= 0.3 is 0 Å². The molecule has 6 heteroatoms. The average Bonchev–Trinajstić information content (AvgIpc) is 2.60. The van der Waals surface area contributed by atoms with Gasteiger partial charge in [-0.25, -0.2) is 0 Å². The molecule has 0 heterocycles. The standard InChI is InChI=1S/C18H24N6/c19-17(23-15-9-3-1-4-10-15)21-13-7-8-14-22-18(20)24-16-11-5-2-6-12-16/h1-6,9-12H,7-8,13-14H2,(H3,19,21,23)(H3,20,22,24). The van der Waals surface area contributed by atoms with Gasteiger partial charge in [0.25, 0.3) is 0 Å². The minimum atomic E-state index is 0.426. The van der Waals surface area contributed by atoms with Crippen LogP contribution in [-0.2, 0) is 0 Å². The third-order valence-corrected chi connectivity index (χ3v) is 3.22. The molecular weight excluding hydrogens is 300 g/mol. The van der Waals surface area contributed by atoms with Crippen molar-refractivity contribution in [2.75, 3.05) is 23.7 Å². The Labute approximate surface area is 142 Å². The van der Waals surface area contributed by atoms with Crippen LogP contribution in [0.15, 0.2) is 70.6 Å². The molecule has 2 aromatic rings. The summed E-state index contributed by atoms with van der Waals surface area (Å²) >= 11 is 0. The van der Waals surface area contributed by atoms with Crippen molar-refractivity contribution in [1.82, 2.24) is 0 Å². The number of nitrogens with one attached hydrogen (secondary N) is 2. The van der Waals surface area contributed by atoms with Crippen LogP contribution in [0.2, 0.25) is 0 Å². The van der Waals surface area contributed by atoms with Crippen LogP contribution < -0.4 is 22.1 Å². The molecule has 0 saturated carbocycles. The van der Waals surface area contributed by atoms with Gasteiger partial charge in [0.2, 0.25) is 0 Å². The second-order valence-electron chi connectivity index (χ2n) is 5.22. The molecule has 0 fully saturated rings. The maximum atomic E-state index is 5.84. The fourth-order valence-corrected chi connectivity index (χ4v) is 2.04. The van der Waals surface area contributed by atoms with E-state index in [9.17, 15) is 0 Å². The second kappa shape index (κ2) is 9.89. The number of nitrogens with two attached hydrogens (primary N) is 2. The summed E-state index contributed by atoms with van der Waals surface area (Å²) in [5, 5.41) is 6.10. The van der Waals surface area contributed by atoms with Crippen molar-refractivity contribution in [2.24, 2.45) is 21.5 Å². The highest BCUT2D eigenvalue weighted by Gasteiger charge is 1.95. The van der Waals surface area contributed by atoms with Crippen molar-refractivity contribution in [3.05, 3.63) is 60.7 Å². The van der Waals surface area contributed by atoms with Gasteiger partial charge in [0.05, 0.1) is 0 Å². The molecule has 24 heavy (non-hydrogen) atoms. The number of anilines is 2. The van der Waals surface area contributed by atoms with Crippen LogP contribution in [0.1, 0.15) is 12.8 Å². The van der Waals surface area contributed by atoms with Gasteiger partial charge in [-0.05, 0) is 37.1 Å². The smallest absolute Gasteiger partial charge is 0.193 e. The van der Waals surface area contributed by atoms with Gasteiger partial charge in [-0.3, -0.25) is 9.98 Å². The third-order valence-electron chi connectivity index (χ3n) is 3.22. The minimum absolute atomic E-state index is 0.426. The summed E-state index contributed by atoms with van der Waals surface area (Å²) in [5.41, 5.74) is 13.5. The zero-order chi connectivity index (χ0) is 17.0. The number of hydrogen-bond acceptors (Lipinski definition) is 2. The Bertz CT molecular complexity index is 592. The summed E-state index contributed by atoms with van der Waals surface area (Å²) in [6.07, 6.45) is 1.80. The third kappa shape index (κ3) is 6.83. The summed E-state index contributed by atoms with van der Waals surface area (Å²) < 4.78 is 0. The topological polar surface area (TPSA) is 101 Å². The van der Waals surface area contributed by atoms with Crippen molar-refractivity contribution < 1.29 is 0 Å². The largest absolute Gasteiger partial charge is 0.370 e. The maximum absolute atomic E-state index is 5.84. The van der Waals surface area contributed by atoms with E-state index >= 15 is 0 Å². The first-order valence-corrected chi connectivity index (χ1v) is 7.98. The Hall–Kier alpha value is -3.02. The quantitative estimate of drug-likeness (QED) is 0.357. The Morgan fingerprint density at radius 1 is 0.667 bits per heavy atom. The highest BCUT2D eigenvalue weighted by atomic mass is 15.1. The SMILES string of the molecule is NC(=NCCCCN=C(N)Nc1ccccc1)Nc1ccccc1. The lowest BCUT2D eigenvalue weighted by Gasteiger charge is -2.05. The molecule has 126 valence electrons. The van der Waals surface area contributed by atoms with Crippen LogP contribution in [0.3, 0.4) is 0 Å². The van der Waals surface area contributed by atoms with Crippen LogP contribution in [-0.4, -0.2) is 25.0 Å². The van der Waals surface area contributed by atoms with Gasteiger partial charge in [0.15, 0.2) is 11.9 Å². The molecule has 6 N–H and O–H groups in total. The van der Waals surface area contributed by atoms with E-state index in [2.05, 4.69) is 20.6 Å². The Morgan fingerprint density at radius 3 is 1.42 bits per heavy atom. The summed E-state index contributed by atoms with van der Waals surface area (Å²) in [7, 11) is 0.